The van der Waals surface area contributed by atoms with E-state index in [1.165, 1.54) is 0 Å². The second-order valence-corrected chi connectivity index (χ2v) is 5.86. The van der Waals surface area contributed by atoms with Crippen LogP contribution in [-0.4, -0.2) is 88.8 Å². The topological polar surface area (TPSA) is 416 Å². The van der Waals surface area contributed by atoms with E-state index in [1.54, 1.807) is 0 Å². The summed E-state index contributed by atoms with van der Waals surface area (Å²) in [6, 6.07) is 0. The molecule has 0 aromatic heterocycles. The van der Waals surface area contributed by atoms with Gasteiger partial charge >= 0.3 is 24.7 Å². The summed E-state index contributed by atoms with van der Waals surface area (Å²) in [7, 11) is -3.40. The summed E-state index contributed by atoms with van der Waals surface area (Å²) in [5.74, 6) is -13.7. The average Bonchev–Trinajstić information content (AvgIpc) is 2.71. The zero-order valence-electron chi connectivity index (χ0n) is 16.8. The van der Waals surface area contributed by atoms with Gasteiger partial charge in [-0.1, -0.05) is 0 Å². The van der Waals surface area contributed by atoms with Crippen LogP contribution in [0.5, 0.6) is 0 Å². The molecule has 0 rings (SSSR count). The highest BCUT2D eigenvalue weighted by Gasteiger charge is 2.75. The van der Waals surface area contributed by atoms with Gasteiger partial charge in [0.15, 0.2) is 44.3 Å². The highest BCUT2D eigenvalue weighted by Crippen LogP contribution is 2.19. The van der Waals surface area contributed by atoms with Crippen LogP contribution in [0.15, 0.2) is 0 Å². The number of nitrogens with zero attached hydrogens (tertiary/aromatic N) is 9. The highest BCUT2D eigenvalue weighted by atomic mass is 16.8. The van der Waals surface area contributed by atoms with Gasteiger partial charge in [0.25, 0.3) is 19.8 Å². The molecule has 0 saturated carbocycles. The van der Waals surface area contributed by atoms with E-state index in [0.29, 0.717) is 0 Å². The van der Waals surface area contributed by atoms with E-state index >= 15 is 0 Å². The number of hydrogen-bond acceptors (Lipinski definition) is 21. The van der Waals surface area contributed by atoms with Crippen molar-refractivity contribution >= 4 is 7.32 Å². The van der Waals surface area contributed by atoms with Crippen molar-refractivity contribution in [2.24, 2.45) is 0 Å². The average molecular weight is 551 g/mol. The molecule has 0 aliphatic heterocycles. The quantitative estimate of drug-likeness (QED) is 0.0689. The lowest BCUT2D eigenvalue weighted by Gasteiger charge is -2.16. The van der Waals surface area contributed by atoms with Gasteiger partial charge in [-0.15, -0.1) is 0 Å². The second-order valence-electron chi connectivity index (χ2n) is 5.86. The number of nitro groups is 9. The predicted molar refractivity (Wildman–Crippen MR) is 94.8 cm³/mol. The number of rotatable bonds is 18. The lowest BCUT2D eigenvalue weighted by Crippen LogP contribution is -2.61. The summed E-state index contributed by atoms with van der Waals surface area (Å²) >= 11 is 0. The van der Waals surface area contributed by atoms with Crippen molar-refractivity contribution in [3.63, 3.8) is 0 Å². The summed E-state index contributed by atoms with van der Waals surface area (Å²) in [4.78, 5) is 78.3. The van der Waals surface area contributed by atoms with Crippen LogP contribution >= 0.6 is 0 Å². The monoisotopic (exact) mass is 551 g/mol. The Bertz CT molecular complexity index is 805. The van der Waals surface area contributed by atoms with E-state index in [4.69, 9.17) is 0 Å². The fourth-order valence-electron chi connectivity index (χ4n) is 1.76. The molecule has 0 unspecified atom stereocenters. The summed E-state index contributed by atoms with van der Waals surface area (Å²) in [6.07, 6.45) is 0. The first-order valence-corrected chi connectivity index (χ1v) is 7.93. The van der Waals surface area contributed by atoms with Gasteiger partial charge < -0.3 is 14.0 Å². The second kappa shape index (κ2) is 11.3. The third-order valence-electron chi connectivity index (χ3n) is 3.87. The minimum Gasteiger partial charge on any atom is -0.365 e. The van der Waals surface area contributed by atoms with Crippen LogP contribution in [0.4, 0.5) is 0 Å². The highest BCUT2D eigenvalue weighted by molar-refractivity contribution is 6.36. The maximum absolute atomic E-state index is 10.9. The lowest BCUT2D eigenvalue weighted by atomic mass is 10.2. The summed E-state index contributed by atoms with van der Waals surface area (Å²) in [5.41, 5.74) is 0. The van der Waals surface area contributed by atoms with Crippen LogP contribution in [0.25, 0.3) is 0 Å². The van der Waals surface area contributed by atoms with Crippen molar-refractivity contribution in [1.82, 2.24) is 0 Å². The van der Waals surface area contributed by atoms with E-state index in [0.717, 1.165) is 0 Å². The van der Waals surface area contributed by atoms with Crippen molar-refractivity contribution in [2.45, 2.75) is 17.4 Å². The Hall–Kier alpha value is -5.46. The van der Waals surface area contributed by atoms with E-state index in [2.05, 4.69) is 14.0 Å². The molecule has 0 aliphatic carbocycles. The fraction of sp³-hybridized carbons (Fsp3) is 1.00. The van der Waals surface area contributed by atoms with Crippen molar-refractivity contribution in [3.8, 4) is 0 Å². The minimum absolute atomic E-state index is 2.21. The molecule has 0 aromatic carbocycles. The van der Waals surface area contributed by atoms with Crippen LogP contribution in [0.1, 0.15) is 0 Å². The predicted octanol–water partition coefficient (Wildman–Crippen LogP) is -3.53. The zero-order chi connectivity index (χ0) is 29.5. The molecule has 0 radical (unpaired) electrons. The van der Waals surface area contributed by atoms with Gasteiger partial charge in [-0.05, 0) is 0 Å². The molecule has 0 atom stereocenters. The summed E-state index contributed by atoms with van der Waals surface area (Å²) in [6.45, 7) is -7.43. The molecule has 0 spiro atoms. The molecule has 37 heavy (non-hydrogen) atoms. The number of hydrogen-bond donors (Lipinski definition) is 0. The van der Waals surface area contributed by atoms with E-state index in [1.807, 2.05) is 0 Å². The van der Waals surface area contributed by atoms with Gasteiger partial charge in [-0.2, -0.15) is 0 Å². The summed E-state index contributed by atoms with van der Waals surface area (Å²) in [5, 5.41) is 98.2. The van der Waals surface area contributed by atoms with Gasteiger partial charge in [0.1, 0.15) is 0 Å². The minimum atomic E-state index is -4.58. The third-order valence-corrected chi connectivity index (χ3v) is 3.87. The molecule has 0 bridgehead atoms. The normalized spacial score (nSPS) is 11.7. The van der Waals surface area contributed by atoms with Crippen LogP contribution in [0.3, 0.4) is 0 Å². The van der Waals surface area contributed by atoms with Crippen LogP contribution in [0.2, 0.25) is 0 Å². The Morgan fingerprint density at radius 1 is 0.378 bits per heavy atom. The first-order valence-electron chi connectivity index (χ1n) is 7.93. The molecular formula is C6H6BN9O21. The lowest BCUT2D eigenvalue weighted by molar-refractivity contribution is -0.971. The van der Waals surface area contributed by atoms with Crippen LogP contribution in [0, 0.1) is 91.0 Å². The zero-order valence-corrected chi connectivity index (χ0v) is 16.8. The summed E-state index contributed by atoms with van der Waals surface area (Å²) < 4.78 is 12.2. The maximum atomic E-state index is 10.9. The first kappa shape index (κ1) is 31.5. The fourth-order valence-corrected chi connectivity index (χ4v) is 1.76. The smallest absolute Gasteiger partial charge is 0.365 e. The Morgan fingerprint density at radius 3 is 0.622 bits per heavy atom. The Morgan fingerprint density at radius 2 is 0.514 bits per heavy atom. The molecule has 0 saturated heterocycles. The van der Waals surface area contributed by atoms with Gasteiger partial charge in [0, 0.05) is 0 Å². The first-order chi connectivity index (χ1) is 16.8. The molecule has 31 heteroatoms. The van der Waals surface area contributed by atoms with E-state index < -0.39 is 88.8 Å². The largest absolute Gasteiger partial charge is 0.721 e. The maximum Gasteiger partial charge on any atom is 0.721 e. The molecule has 0 amide bonds. The van der Waals surface area contributed by atoms with Gasteiger partial charge in [-0.25, -0.2) is 0 Å². The van der Waals surface area contributed by atoms with E-state index in [-0.39, 0.29) is 0 Å². The van der Waals surface area contributed by atoms with Gasteiger partial charge in [-0.3, -0.25) is 91.0 Å². The third kappa shape index (κ3) is 5.62. The molecule has 0 aromatic rings. The van der Waals surface area contributed by atoms with Gasteiger partial charge in [0.05, 0.1) is 0 Å². The van der Waals surface area contributed by atoms with Crippen molar-refractivity contribution in [1.29, 1.82) is 0 Å². The SMILES string of the molecule is O=[N+]([O-])C(COB(OCC([N+](=O)[O-])([N+](=O)[O-])[N+](=O)[O-])OCC([N+](=O)[O-])([N+](=O)[O-])[N+](=O)[O-])([N+](=O)[O-])[N+](=O)[O-]. The van der Waals surface area contributed by atoms with Crippen molar-refractivity contribution in [3.05, 3.63) is 91.0 Å². The van der Waals surface area contributed by atoms with E-state index in [9.17, 15) is 91.0 Å². The molecule has 0 aliphatic rings. The Balaban J connectivity index is 6.50. The molecular weight excluding hydrogens is 545 g/mol. The van der Waals surface area contributed by atoms with Gasteiger partial charge in [0.2, 0.25) is 0 Å². The Labute approximate surface area is 195 Å². The molecule has 0 heterocycles. The van der Waals surface area contributed by atoms with Crippen molar-refractivity contribution < 1.29 is 58.3 Å². The van der Waals surface area contributed by atoms with Crippen molar-refractivity contribution in [2.75, 3.05) is 19.8 Å². The molecule has 204 valence electrons. The molecule has 0 fully saturated rings. The Kier molecular flexibility index (Phi) is 9.65. The van der Waals surface area contributed by atoms with Crippen LogP contribution < -0.4 is 0 Å². The molecule has 0 N–H and O–H groups in total. The standard InChI is InChI=1S/C6H6BN9O21/c17-8(18)4(9(19)20,10(21)22)1-35-7(36-2-5(11(23)24,12(25)26)13(27)28)37-3-6(14(29)30,15(31)32)16(33)34/h1-3H2. The molecule has 30 nitrogen and oxygen atoms in total. The van der Waals surface area contributed by atoms with Crippen LogP contribution in [-0.2, 0) is 14.0 Å².